The maximum Gasteiger partial charge on any atom is 0.142 e. The van der Waals surface area contributed by atoms with Gasteiger partial charge in [-0.25, -0.2) is 9.97 Å². The lowest BCUT2D eigenvalue weighted by Gasteiger charge is -2.10. The second kappa shape index (κ2) is 6.08. The Kier molecular flexibility index (Phi) is 4.67. The van der Waals surface area contributed by atoms with Crippen LogP contribution in [0.3, 0.4) is 0 Å². The Bertz CT molecular complexity index is 574. The summed E-state index contributed by atoms with van der Waals surface area (Å²) in [6.45, 7) is 4.18. The zero-order valence-electron chi connectivity index (χ0n) is 10.6. The molecule has 0 aliphatic rings. The molecule has 1 heterocycles. The van der Waals surface area contributed by atoms with E-state index in [0.29, 0.717) is 32.6 Å². The van der Waals surface area contributed by atoms with Gasteiger partial charge < -0.3 is 0 Å². The van der Waals surface area contributed by atoms with E-state index in [2.05, 4.69) is 23.8 Å². The molecular formula is C14H13Cl3N2. The van der Waals surface area contributed by atoms with Crippen LogP contribution in [0, 0.1) is 5.92 Å². The minimum atomic E-state index is 0.337. The number of hydrogen-bond donors (Lipinski definition) is 0. The maximum absolute atomic E-state index is 6.23. The van der Waals surface area contributed by atoms with Crippen molar-refractivity contribution in [3.05, 3.63) is 45.4 Å². The van der Waals surface area contributed by atoms with Crippen LogP contribution in [0.2, 0.25) is 15.3 Å². The van der Waals surface area contributed by atoms with E-state index in [-0.39, 0.29) is 0 Å². The summed E-state index contributed by atoms with van der Waals surface area (Å²) >= 11 is 18.6. The normalized spacial score (nSPS) is 11.1. The summed E-state index contributed by atoms with van der Waals surface area (Å²) in [5.41, 5.74) is 1.33. The molecule has 0 bridgehead atoms. The van der Waals surface area contributed by atoms with Crippen LogP contribution in [0.25, 0.3) is 11.1 Å². The van der Waals surface area contributed by atoms with Crippen LogP contribution in [0.15, 0.2) is 24.3 Å². The van der Waals surface area contributed by atoms with Crippen molar-refractivity contribution in [2.24, 2.45) is 5.92 Å². The lowest BCUT2D eigenvalue weighted by molar-refractivity contribution is 0.621. The van der Waals surface area contributed by atoms with Crippen LogP contribution >= 0.6 is 34.8 Å². The quantitative estimate of drug-likeness (QED) is 0.718. The van der Waals surface area contributed by atoms with Gasteiger partial charge in [0.2, 0.25) is 0 Å². The summed E-state index contributed by atoms with van der Waals surface area (Å²) in [5, 5.41) is 1.25. The van der Waals surface area contributed by atoms with E-state index in [9.17, 15) is 0 Å². The van der Waals surface area contributed by atoms with E-state index in [1.807, 2.05) is 18.2 Å². The van der Waals surface area contributed by atoms with Gasteiger partial charge in [0.1, 0.15) is 16.1 Å². The highest BCUT2D eigenvalue weighted by Crippen LogP contribution is 2.36. The Morgan fingerprint density at radius 3 is 2.11 bits per heavy atom. The summed E-state index contributed by atoms with van der Waals surface area (Å²) in [6, 6.07) is 7.35. The molecule has 100 valence electrons. The van der Waals surface area contributed by atoms with Crippen LogP contribution in [0.4, 0.5) is 0 Å². The van der Waals surface area contributed by atoms with Gasteiger partial charge in [0.15, 0.2) is 0 Å². The Morgan fingerprint density at radius 2 is 1.58 bits per heavy atom. The van der Waals surface area contributed by atoms with E-state index in [4.69, 9.17) is 34.8 Å². The van der Waals surface area contributed by atoms with Gasteiger partial charge in [0, 0.05) is 17.0 Å². The van der Waals surface area contributed by atoms with Crippen molar-refractivity contribution >= 4 is 34.8 Å². The van der Waals surface area contributed by atoms with Crippen molar-refractivity contribution in [3.8, 4) is 11.1 Å². The molecule has 2 nitrogen and oxygen atoms in total. The molecule has 5 heteroatoms. The molecule has 0 N–H and O–H groups in total. The van der Waals surface area contributed by atoms with Crippen molar-refractivity contribution in [2.75, 3.05) is 0 Å². The fourth-order valence-corrected chi connectivity index (χ4v) is 2.65. The predicted octanol–water partition coefficient (Wildman–Crippen LogP) is 5.30. The standard InChI is InChI=1S/C14H13Cl3N2/c1-8(2)7-11-18-13(16)12(14(17)19-11)9-5-3-4-6-10(9)15/h3-6,8H,7H2,1-2H3. The monoisotopic (exact) mass is 314 g/mol. The van der Waals surface area contributed by atoms with Crippen molar-refractivity contribution in [1.29, 1.82) is 0 Å². The second-order valence-electron chi connectivity index (χ2n) is 4.67. The summed E-state index contributed by atoms with van der Waals surface area (Å²) < 4.78 is 0. The van der Waals surface area contributed by atoms with Crippen molar-refractivity contribution in [1.82, 2.24) is 9.97 Å². The molecule has 0 atom stereocenters. The van der Waals surface area contributed by atoms with E-state index < -0.39 is 0 Å². The highest BCUT2D eigenvalue weighted by Gasteiger charge is 2.16. The van der Waals surface area contributed by atoms with E-state index in [1.165, 1.54) is 0 Å². The number of aromatic nitrogens is 2. The Labute approximate surface area is 127 Å². The van der Waals surface area contributed by atoms with E-state index >= 15 is 0 Å². The highest BCUT2D eigenvalue weighted by atomic mass is 35.5. The first-order valence-corrected chi connectivity index (χ1v) is 7.09. The lowest BCUT2D eigenvalue weighted by atomic mass is 10.1. The van der Waals surface area contributed by atoms with Crippen molar-refractivity contribution in [3.63, 3.8) is 0 Å². The summed E-state index contributed by atoms with van der Waals surface area (Å²) in [7, 11) is 0. The fourth-order valence-electron chi connectivity index (χ4n) is 1.79. The van der Waals surface area contributed by atoms with Crippen molar-refractivity contribution in [2.45, 2.75) is 20.3 Å². The minimum Gasteiger partial charge on any atom is -0.220 e. The molecule has 0 radical (unpaired) electrons. The number of hydrogen-bond acceptors (Lipinski definition) is 2. The third kappa shape index (κ3) is 3.38. The summed E-state index contributed by atoms with van der Waals surface area (Å²) in [6.07, 6.45) is 0.738. The number of nitrogens with zero attached hydrogens (tertiary/aromatic N) is 2. The Morgan fingerprint density at radius 1 is 1.00 bits per heavy atom. The molecule has 2 aromatic rings. The highest BCUT2D eigenvalue weighted by molar-refractivity contribution is 6.40. The number of halogens is 3. The first-order valence-electron chi connectivity index (χ1n) is 5.96. The van der Waals surface area contributed by atoms with Gasteiger partial charge in [-0.1, -0.05) is 66.8 Å². The molecule has 1 aromatic carbocycles. The molecule has 0 amide bonds. The SMILES string of the molecule is CC(C)Cc1nc(Cl)c(-c2ccccc2Cl)c(Cl)n1. The van der Waals surface area contributed by atoms with Gasteiger partial charge in [0.25, 0.3) is 0 Å². The van der Waals surface area contributed by atoms with Gasteiger partial charge in [-0.2, -0.15) is 0 Å². The molecule has 0 aliphatic heterocycles. The van der Waals surface area contributed by atoms with Gasteiger partial charge in [-0.15, -0.1) is 0 Å². The molecule has 0 saturated carbocycles. The molecular weight excluding hydrogens is 303 g/mol. The molecule has 0 saturated heterocycles. The van der Waals surface area contributed by atoms with Crippen LogP contribution in [0.1, 0.15) is 19.7 Å². The first-order chi connectivity index (χ1) is 8.99. The fraction of sp³-hybridized carbons (Fsp3) is 0.286. The summed E-state index contributed by atoms with van der Waals surface area (Å²) in [4.78, 5) is 8.61. The largest absolute Gasteiger partial charge is 0.220 e. The molecule has 0 spiro atoms. The number of benzene rings is 1. The average molecular weight is 316 g/mol. The zero-order valence-corrected chi connectivity index (χ0v) is 12.9. The topological polar surface area (TPSA) is 25.8 Å². The number of rotatable bonds is 3. The average Bonchev–Trinajstić information content (AvgIpc) is 2.29. The Hall–Kier alpha value is -0.830. The van der Waals surface area contributed by atoms with Crippen LogP contribution in [0.5, 0.6) is 0 Å². The van der Waals surface area contributed by atoms with Gasteiger partial charge in [-0.05, 0) is 12.0 Å². The predicted molar refractivity (Wildman–Crippen MR) is 81.0 cm³/mol. The molecule has 0 aliphatic carbocycles. The third-order valence-electron chi connectivity index (χ3n) is 2.60. The van der Waals surface area contributed by atoms with Gasteiger partial charge in [0.05, 0.1) is 5.56 Å². The first kappa shape index (κ1) is 14.6. The van der Waals surface area contributed by atoms with Crippen LogP contribution in [-0.4, -0.2) is 9.97 Å². The summed E-state index contributed by atoms with van der Waals surface area (Å²) in [5.74, 6) is 1.10. The molecule has 19 heavy (non-hydrogen) atoms. The van der Waals surface area contributed by atoms with Gasteiger partial charge in [-0.3, -0.25) is 0 Å². The second-order valence-corrected chi connectivity index (χ2v) is 5.80. The molecule has 1 aromatic heterocycles. The van der Waals surface area contributed by atoms with Crippen LogP contribution in [-0.2, 0) is 6.42 Å². The molecule has 2 rings (SSSR count). The lowest BCUT2D eigenvalue weighted by Crippen LogP contribution is -2.03. The molecule has 0 unspecified atom stereocenters. The minimum absolute atomic E-state index is 0.337. The van der Waals surface area contributed by atoms with Gasteiger partial charge >= 0.3 is 0 Å². The van der Waals surface area contributed by atoms with E-state index in [1.54, 1.807) is 6.07 Å². The molecule has 0 fully saturated rings. The Balaban J connectivity index is 2.51. The van der Waals surface area contributed by atoms with Crippen molar-refractivity contribution < 1.29 is 0 Å². The third-order valence-corrected chi connectivity index (χ3v) is 3.48. The zero-order chi connectivity index (χ0) is 14.0. The smallest absolute Gasteiger partial charge is 0.142 e. The van der Waals surface area contributed by atoms with E-state index in [0.717, 1.165) is 12.0 Å². The van der Waals surface area contributed by atoms with Crippen LogP contribution < -0.4 is 0 Å². The maximum atomic E-state index is 6.23.